The Labute approximate surface area is 183 Å². The molecule has 0 N–H and O–H groups in total. The largest absolute Gasteiger partial charge is 0.519 e. The number of benzene rings is 3. The first-order valence-corrected chi connectivity index (χ1v) is 10.8. The highest BCUT2D eigenvalue weighted by Crippen LogP contribution is 2.45. The van der Waals surface area contributed by atoms with Gasteiger partial charge in [0.25, 0.3) is 0 Å². The molecule has 0 amide bonds. The number of aryl methyl sites for hydroxylation is 1. The summed E-state index contributed by atoms with van der Waals surface area (Å²) in [5, 5.41) is 0. The number of carbonyl (C=O) groups excluding carboxylic acids is 1. The molecular weight excluding hydrogens is 388 g/mol. The predicted octanol–water partition coefficient (Wildman–Crippen LogP) is 6.83. The lowest BCUT2D eigenvalue weighted by molar-refractivity contribution is 0.152. The molecule has 0 unspecified atom stereocenters. The van der Waals surface area contributed by atoms with Gasteiger partial charge in [-0.1, -0.05) is 55.7 Å². The molecule has 0 saturated heterocycles. The van der Waals surface area contributed by atoms with E-state index in [9.17, 15) is 4.79 Å². The zero-order valence-electron chi connectivity index (χ0n) is 18.1. The topological polar surface area (TPSA) is 44.8 Å². The first-order chi connectivity index (χ1) is 15.1. The smallest absolute Gasteiger partial charge is 0.497 e. The lowest BCUT2D eigenvalue weighted by atomic mass is 9.65. The standard InChI is InChI=1S/C27H28O4/c1-20-7-6-8-25(19-20)31-26(28)30-24-15-11-22(12-16-24)27(17-4-3-5-18-27)21-9-13-23(29-2)14-10-21/h6-16,19H,3-5,17-18H2,1-2H3. The van der Waals surface area contributed by atoms with Crippen molar-refractivity contribution in [1.82, 2.24) is 0 Å². The summed E-state index contributed by atoms with van der Waals surface area (Å²) < 4.78 is 16.0. The predicted molar refractivity (Wildman–Crippen MR) is 121 cm³/mol. The molecule has 160 valence electrons. The average molecular weight is 417 g/mol. The van der Waals surface area contributed by atoms with Crippen LogP contribution in [0.5, 0.6) is 17.2 Å². The van der Waals surface area contributed by atoms with Crippen molar-refractivity contribution in [1.29, 1.82) is 0 Å². The highest BCUT2D eigenvalue weighted by Gasteiger charge is 2.35. The van der Waals surface area contributed by atoms with Gasteiger partial charge in [0, 0.05) is 5.41 Å². The SMILES string of the molecule is COc1ccc(C2(c3ccc(OC(=O)Oc4cccc(C)c4)cc3)CCCCC2)cc1. The molecule has 4 rings (SSSR count). The molecule has 3 aromatic carbocycles. The Kier molecular flexibility index (Phi) is 6.26. The van der Waals surface area contributed by atoms with Gasteiger partial charge in [0.1, 0.15) is 17.2 Å². The van der Waals surface area contributed by atoms with Crippen molar-refractivity contribution >= 4 is 6.16 Å². The molecular formula is C27H28O4. The molecule has 3 aromatic rings. The van der Waals surface area contributed by atoms with Crippen LogP contribution >= 0.6 is 0 Å². The number of hydrogen-bond acceptors (Lipinski definition) is 4. The van der Waals surface area contributed by atoms with E-state index in [1.807, 2.05) is 43.3 Å². The summed E-state index contributed by atoms with van der Waals surface area (Å²) in [6, 6.07) is 23.6. The van der Waals surface area contributed by atoms with Gasteiger partial charge in [0.05, 0.1) is 7.11 Å². The Bertz CT molecular complexity index is 1020. The van der Waals surface area contributed by atoms with Crippen LogP contribution in [0.1, 0.15) is 48.8 Å². The van der Waals surface area contributed by atoms with E-state index in [1.54, 1.807) is 19.2 Å². The van der Waals surface area contributed by atoms with Gasteiger partial charge in [-0.2, -0.15) is 0 Å². The number of rotatable bonds is 5. The molecule has 0 aliphatic heterocycles. The Morgan fingerprint density at radius 2 is 1.32 bits per heavy atom. The molecule has 4 nitrogen and oxygen atoms in total. The normalized spacial score (nSPS) is 15.2. The fourth-order valence-corrected chi connectivity index (χ4v) is 4.54. The van der Waals surface area contributed by atoms with Crippen LogP contribution in [0.4, 0.5) is 4.79 Å². The van der Waals surface area contributed by atoms with E-state index in [0.717, 1.165) is 24.2 Å². The summed E-state index contributed by atoms with van der Waals surface area (Å²) in [5.41, 5.74) is 3.55. The third kappa shape index (κ3) is 4.74. The highest BCUT2D eigenvalue weighted by atomic mass is 16.7. The number of methoxy groups -OCH3 is 1. The van der Waals surface area contributed by atoms with E-state index in [2.05, 4.69) is 24.3 Å². The number of ether oxygens (including phenoxy) is 3. The van der Waals surface area contributed by atoms with Gasteiger partial charge >= 0.3 is 6.16 Å². The maximum absolute atomic E-state index is 12.2. The minimum absolute atomic E-state index is 0.0227. The van der Waals surface area contributed by atoms with E-state index in [0.29, 0.717) is 11.5 Å². The van der Waals surface area contributed by atoms with Crippen molar-refractivity contribution in [2.45, 2.75) is 44.4 Å². The van der Waals surface area contributed by atoms with Crippen LogP contribution in [0.15, 0.2) is 72.8 Å². The van der Waals surface area contributed by atoms with Crippen molar-refractivity contribution in [3.63, 3.8) is 0 Å². The van der Waals surface area contributed by atoms with Crippen LogP contribution in [0, 0.1) is 6.92 Å². The first-order valence-electron chi connectivity index (χ1n) is 10.8. The summed E-state index contributed by atoms with van der Waals surface area (Å²) in [7, 11) is 1.69. The van der Waals surface area contributed by atoms with Crippen LogP contribution < -0.4 is 14.2 Å². The molecule has 0 aromatic heterocycles. The quantitative estimate of drug-likeness (QED) is 0.338. The summed E-state index contributed by atoms with van der Waals surface area (Å²) in [5.74, 6) is 1.81. The summed E-state index contributed by atoms with van der Waals surface area (Å²) in [6.45, 7) is 1.95. The molecule has 0 bridgehead atoms. The molecule has 4 heteroatoms. The van der Waals surface area contributed by atoms with Crippen molar-refractivity contribution < 1.29 is 19.0 Å². The van der Waals surface area contributed by atoms with E-state index < -0.39 is 6.16 Å². The molecule has 0 heterocycles. The molecule has 0 spiro atoms. The van der Waals surface area contributed by atoms with Crippen molar-refractivity contribution in [2.24, 2.45) is 0 Å². The monoisotopic (exact) mass is 416 g/mol. The fraction of sp³-hybridized carbons (Fsp3) is 0.296. The third-order valence-electron chi connectivity index (χ3n) is 6.15. The van der Waals surface area contributed by atoms with Gasteiger partial charge in [-0.3, -0.25) is 0 Å². The lowest BCUT2D eigenvalue weighted by Gasteiger charge is -2.38. The van der Waals surface area contributed by atoms with Crippen LogP contribution in [0.25, 0.3) is 0 Å². The maximum Gasteiger partial charge on any atom is 0.519 e. The second kappa shape index (κ2) is 9.25. The van der Waals surface area contributed by atoms with Crippen LogP contribution in [0.3, 0.4) is 0 Å². The Balaban J connectivity index is 1.52. The maximum atomic E-state index is 12.2. The Morgan fingerprint density at radius 3 is 1.90 bits per heavy atom. The molecule has 1 saturated carbocycles. The summed E-state index contributed by atoms with van der Waals surface area (Å²) in [6.07, 6.45) is 5.15. The molecule has 1 aliphatic carbocycles. The van der Waals surface area contributed by atoms with Gasteiger partial charge in [0.2, 0.25) is 0 Å². The Hall–Kier alpha value is -3.27. The lowest BCUT2D eigenvalue weighted by Crippen LogP contribution is -2.30. The fourth-order valence-electron chi connectivity index (χ4n) is 4.54. The molecule has 1 aliphatic rings. The second-order valence-electron chi connectivity index (χ2n) is 8.17. The molecule has 0 radical (unpaired) electrons. The van der Waals surface area contributed by atoms with Gasteiger partial charge in [-0.15, -0.1) is 0 Å². The van der Waals surface area contributed by atoms with Gasteiger partial charge in [-0.25, -0.2) is 4.79 Å². The molecule has 0 atom stereocenters. The molecule has 1 fully saturated rings. The highest BCUT2D eigenvalue weighted by molar-refractivity contribution is 5.67. The first kappa shape index (κ1) is 21.0. The van der Waals surface area contributed by atoms with E-state index in [4.69, 9.17) is 14.2 Å². The van der Waals surface area contributed by atoms with Gasteiger partial charge in [0.15, 0.2) is 0 Å². The summed E-state index contributed by atoms with van der Waals surface area (Å²) >= 11 is 0. The zero-order valence-corrected chi connectivity index (χ0v) is 18.1. The molecule has 31 heavy (non-hydrogen) atoms. The second-order valence-corrected chi connectivity index (χ2v) is 8.17. The van der Waals surface area contributed by atoms with Gasteiger partial charge < -0.3 is 14.2 Å². The van der Waals surface area contributed by atoms with Crippen molar-refractivity contribution in [2.75, 3.05) is 7.11 Å². The number of hydrogen-bond donors (Lipinski definition) is 0. The van der Waals surface area contributed by atoms with Gasteiger partial charge in [-0.05, 0) is 72.9 Å². The van der Waals surface area contributed by atoms with E-state index in [-0.39, 0.29) is 5.41 Å². The number of carbonyl (C=O) groups is 1. The van der Waals surface area contributed by atoms with Crippen molar-refractivity contribution in [3.8, 4) is 17.2 Å². The minimum atomic E-state index is -0.735. The van der Waals surface area contributed by atoms with Crippen LogP contribution in [-0.2, 0) is 5.41 Å². The summed E-state index contributed by atoms with van der Waals surface area (Å²) in [4.78, 5) is 12.2. The zero-order chi connectivity index (χ0) is 21.7. The van der Waals surface area contributed by atoms with E-state index in [1.165, 1.54) is 30.4 Å². The minimum Gasteiger partial charge on any atom is -0.497 e. The van der Waals surface area contributed by atoms with Crippen LogP contribution in [0.2, 0.25) is 0 Å². The van der Waals surface area contributed by atoms with Crippen LogP contribution in [-0.4, -0.2) is 13.3 Å². The van der Waals surface area contributed by atoms with E-state index >= 15 is 0 Å². The van der Waals surface area contributed by atoms with Crippen molar-refractivity contribution in [3.05, 3.63) is 89.5 Å². The average Bonchev–Trinajstić information content (AvgIpc) is 2.80. The third-order valence-corrected chi connectivity index (χ3v) is 6.15. The Morgan fingerprint density at radius 1 is 0.742 bits per heavy atom.